The van der Waals surface area contributed by atoms with Crippen molar-refractivity contribution in [3.05, 3.63) is 34.6 Å². The highest BCUT2D eigenvalue weighted by Gasteiger charge is 2.10. The Labute approximate surface area is 71.9 Å². The number of benzene rings is 1. The van der Waals surface area contributed by atoms with Crippen molar-refractivity contribution in [3.63, 3.8) is 0 Å². The number of aryl methyl sites for hydroxylation is 1. The lowest BCUT2D eigenvalue weighted by molar-refractivity contribution is 0.197. The summed E-state index contributed by atoms with van der Waals surface area (Å²) < 4.78 is 13.0. The van der Waals surface area contributed by atoms with E-state index in [0.717, 1.165) is 5.56 Å². The minimum Gasteiger partial charge on any atom is -0.389 e. The summed E-state index contributed by atoms with van der Waals surface area (Å²) in [4.78, 5) is 0. The topological polar surface area (TPSA) is 20.2 Å². The van der Waals surface area contributed by atoms with Crippen LogP contribution >= 0.6 is 0 Å². The van der Waals surface area contributed by atoms with Gasteiger partial charge < -0.3 is 5.11 Å². The molecule has 0 aromatic heterocycles. The Morgan fingerprint density at radius 1 is 1.33 bits per heavy atom. The van der Waals surface area contributed by atoms with Crippen LogP contribution in [0.1, 0.15) is 29.7 Å². The summed E-state index contributed by atoms with van der Waals surface area (Å²) in [5, 5.41) is 9.34. The van der Waals surface area contributed by atoms with Crippen LogP contribution in [-0.2, 0) is 0 Å². The molecule has 1 aromatic rings. The van der Waals surface area contributed by atoms with Crippen LogP contribution in [0.5, 0.6) is 0 Å². The molecule has 0 aliphatic carbocycles. The van der Waals surface area contributed by atoms with Gasteiger partial charge in [-0.2, -0.15) is 0 Å². The monoisotopic (exact) mass is 168 g/mol. The zero-order chi connectivity index (χ0) is 9.30. The third-order valence-corrected chi connectivity index (χ3v) is 2.08. The molecule has 0 aliphatic heterocycles. The van der Waals surface area contributed by atoms with Crippen LogP contribution in [0.15, 0.2) is 12.1 Å². The normalized spacial score (nSPS) is 13.1. The Morgan fingerprint density at radius 3 is 2.33 bits per heavy atom. The first kappa shape index (κ1) is 9.20. The van der Waals surface area contributed by atoms with Gasteiger partial charge in [0.2, 0.25) is 0 Å². The van der Waals surface area contributed by atoms with Crippen molar-refractivity contribution in [2.75, 3.05) is 0 Å². The van der Waals surface area contributed by atoms with E-state index in [1.165, 1.54) is 6.07 Å². The SMILES string of the molecule is Cc1ccc(F)c(C)c1[C@H](C)O. The average molecular weight is 168 g/mol. The van der Waals surface area contributed by atoms with Gasteiger partial charge >= 0.3 is 0 Å². The molecule has 0 spiro atoms. The zero-order valence-corrected chi connectivity index (χ0v) is 7.56. The molecule has 0 saturated carbocycles. The van der Waals surface area contributed by atoms with Gasteiger partial charge in [-0.05, 0) is 43.5 Å². The van der Waals surface area contributed by atoms with Crippen molar-refractivity contribution < 1.29 is 9.50 Å². The van der Waals surface area contributed by atoms with Crippen LogP contribution in [0, 0.1) is 19.7 Å². The Kier molecular flexibility index (Phi) is 2.48. The van der Waals surface area contributed by atoms with Gasteiger partial charge in [0.05, 0.1) is 6.10 Å². The van der Waals surface area contributed by atoms with E-state index in [4.69, 9.17) is 0 Å². The summed E-state index contributed by atoms with van der Waals surface area (Å²) >= 11 is 0. The average Bonchev–Trinajstić information content (AvgIpc) is 1.97. The molecular weight excluding hydrogens is 155 g/mol. The second-order valence-corrected chi connectivity index (χ2v) is 3.08. The number of hydrogen-bond donors (Lipinski definition) is 1. The summed E-state index contributed by atoms with van der Waals surface area (Å²) in [5.74, 6) is -0.253. The van der Waals surface area contributed by atoms with E-state index >= 15 is 0 Å². The van der Waals surface area contributed by atoms with Gasteiger partial charge in [-0.3, -0.25) is 0 Å². The maximum absolute atomic E-state index is 13.0. The highest BCUT2D eigenvalue weighted by molar-refractivity contribution is 5.35. The molecule has 1 atom stereocenters. The minimum absolute atomic E-state index is 0.253. The third-order valence-electron chi connectivity index (χ3n) is 2.08. The van der Waals surface area contributed by atoms with E-state index < -0.39 is 6.10 Å². The fourth-order valence-corrected chi connectivity index (χ4v) is 1.48. The van der Waals surface area contributed by atoms with E-state index in [2.05, 4.69) is 0 Å². The van der Waals surface area contributed by atoms with E-state index in [1.54, 1.807) is 19.9 Å². The van der Waals surface area contributed by atoms with Crippen molar-refractivity contribution in [1.82, 2.24) is 0 Å². The van der Waals surface area contributed by atoms with Gasteiger partial charge in [-0.25, -0.2) is 4.39 Å². The smallest absolute Gasteiger partial charge is 0.126 e. The van der Waals surface area contributed by atoms with Crippen molar-refractivity contribution in [3.8, 4) is 0 Å². The zero-order valence-electron chi connectivity index (χ0n) is 7.56. The molecular formula is C10H13FO. The second kappa shape index (κ2) is 3.23. The molecule has 1 nitrogen and oxygen atoms in total. The number of halogens is 1. The fraction of sp³-hybridized carbons (Fsp3) is 0.400. The summed E-state index contributed by atoms with van der Waals surface area (Å²) in [5.41, 5.74) is 2.18. The van der Waals surface area contributed by atoms with Gasteiger partial charge in [-0.1, -0.05) is 6.07 Å². The van der Waals surface area contributed by atoms with E-state index in [1.807, 2.05) is 6.92 Å². The van der Waals surface area contributed by atoms with Gasteiger partial charge in [0.1, 0.15) is 5.82 Å². The van der Waals surface area contributed by atoms with Crippen molar-refractivity contribution >= 4 is 0 Å². The number of aliphatic hydroxyl groups excluding tert-OH is 1. The standard InChI is InChI=1S/C10H13FO/c1-6-4-5-9(11)7(2)10(6)8(3)12/h4-5,8,12H,1-3H3/t8-/m0/s1. The summed E-state index contributed by atoms with van der Waals surface area (Å²) in [7, 11) is 0. The molecule has 1 N–H and O–H groups in total. The van der Waals surface area contributed by atoms with Crippen molar-refractivity contribution in [1.29, 1.82) is 0 Å². The molecule has 0 heterocycles. The number of aliphatic hydroxyl groups is 1. The van der Waals surface area contributed by atoms with Crippen LogP contribution < -0.4 is 0 Å². The second-order valence-electron chi connectivity index (χ2n) is 3.08. The molecule has 12 heavy (non-hydrogen) atoms. The lowest BCUT2D eigenvalue weighted by atomic mass is 9.98. The molecule has 66 valence electrons. The molecule has 0 saturated heterocycles. The largest absolute Gasteiger partial charge is 0.389 e. The van der Waals surface area contributed by atoms with Crippen LogP contribution in [0.4, 0.5) is 4.39 Å². The molecule has 0 fully saturated rings. The lowest BCUT2D eigenvalue weighted by Crippen LogP contribution is -2.00. The Bertz CT molecular complexity index is 292. The molecule has 2 heteroatoms. The van der Waals surface area contributed by atoms with Crippen LogP contribution in [0.25, 0.3) is 0 Å². The molecule has 0 bridgehead atoms. The first-order valence-electron chi connectivity index (χ1n) is 3.97. The number of hydrogen-bond acceptors (Lipinski definition) is 1. The van der Waals surface area contributed by atoms with Gasteiger partial charge in [0.25, 0.3) is 0 Å². The van der Waals surface area contributed by atoms with Crippen LogP contribution in [0.2, 0.25) is 0 Å². The first-order valence-corrected chi connectivity index (χ1v) is 3.97. The van der Waals surface area contributed by atoms with Crippen LogP contribution in [0.3, 0.4) is 0 Å². The quantitative estimate of drug-likeness (QED) is 0.683. The first-order chi connectivity index (χ1) is 5.54. The minimum atomic E-state index is -0.597. The molecule has 0 radical (unpaired) electrons. The highest BCUT2D eigenvalue weighted by Crippen LogP contribution is 2.23. The van der Waals surface area contributed by atoms with Gasteiger partial charge in [0.15, 0.2) is 0 Å². The molecule has 1 rings (SSSR count). The highest BCUT2D eigenvalue weighted by atomic mass is 19.1. The van der Waals surface area contributed by atoms with Crippen LogP contribution in [-0.4, -0.2) is 5.11 Å². The predicted octanol–water partition coefficient (Wildman–Crippen LogP) is 2.50. The van der Waals surface area contributed by atoms with E-state index in [0.29, 0.717) is 11.1 Å². The maximum Gasteiger partial charge on any atom is 0.126 e. The predicted molar refractivity (Wildman–Crippen MR) is 46.5 cm³/mol. The lowest BCUT2D eigenvalue weighted by Gasteiger charge is -2.12. The summed E-state index contributed by atoms with van der Waals surface area (Å²) in [6, 6.07) is 3.11. The molecule has 1 aromatic carbocycles. The molecule has 0 amide bonds. The Balaban J connectivity index is 3.33. The number of rotatable bonds is 1. The van der Waals surface area contributed by atoms with Crippen molar-refractivity contribution in [2.24, 2.45) is 0 Å². The maximum atomic E-state index is 13.0. The van der Waals surface area contributed by atoms with E-state index in [-0.39, 0.29) is 5.82 Å². The Hall–Kier alpha value is -0.890. The molecule has 0 aliphatic rings. The summed E-state index contributed by atoms with van der Waals surface area (Å²) in [6.07, 6.45) is -0.597. The van der Waals surface area contributed by atoms with Gasteiger partial charge in [-0.15, -0.1) is 0 Å². The Morgan fingerprint density at radius 2 is 1.92 bits per heavy atom. The van der Waals surface area contributed by atoms with Crippen molar-refractivity contribution in [2.45, 2.75) is 26.9 Å². The van der Waals surface area contributed by atoms with E-state index in [9.17, 15) is 9.50 Å². The molecule has 0 unspecified atom stereocenters. The fourth-order valence-electron chi connectivity index (χ4n) is 1.48. The van der Waals surface area contributed by atoms with Gasteiger partial charge in [0, 0.05) is 0 Å². The third kappa shape index (κ3) is 1.48. The summed E-state index contributed by atoms with van der Waals surface area (Å²) in [6.45, 7) is 5.20.